The Morgan fingerprint density at radius 2 is 1.95 bits per heavy atom. The Labute approximate surface area is 129 Å². The number of aliphatic hydroxyl groups excluding tert-OH is 1. The number of benzene rings is 1. The zero-order chi connectivity index (χ0) is 15.2. The summed E-state index contributed by atoms with van der Waals surface area (Å²) in [7, 11) is 0. The SMILES string of the molecule is CCN(C(=O)c1ccc(CO)cc1)C(C)Cc1ccsc1. The maximum Gasteiger partial charge on any atom is 0.254 e. The van der Waals surface area contributed by atoms with Gasteiger partial charge in [0.1, 0.15) is 0 Å². The van der Waals surface area contributed by atoms with Gasteiger partial charge in [-0.3, -0.25) is 4.79 Å². The van der Waals surface area contributed by atoms with Gasteiger partial charge in [-0.1, -0.05) is 12.1 Å². The predicted octanol–water partition coefficient (Wildman–Crippen LogP) is 3.33. The lowest BCUT2D eigenvalue weighted by molar-refractivity contribution is 0.0703. The Kier molecular flexibility index (Phi) is 5.53. The fraction of sp³-hybridized carbons (Fsp3) is 0.353. The predicted molar refractivity (Wildman–Crippen MR) is 86.6 cm³/mol. The van der Waals surface area contributed by atoms with Crippen LogP contribution in [-0.4, -0.2) is 28.5 Å². The number of amides is 1. The minimum absolute atomic E-state index is 0.000517. The first kappa shape index (κ1) is 15.7. The molecule has 1 aromatic carbocycles. The fourth-order valence-electron chi connectivity index (χ4n) is 2.43. The third-order valence-corrected chi connectivity index (χ3v) is 4.36. The van der Waals surface area contributed by atoms with Crippen LogP contribution in [0.5, 0.6) is 0 Å². The molecule has 0 aliphatic rings. The second kappa shape index (κ2) is 7.38. The molecule has 1 aromatic heterocycles. The molecule has 1 heterocycles. The molecule has 0 saturated heterocycles. The summed E-state index contributed by atoms with van der Waals surface area (Å²) in [6.07, 6.45) is 0.873. The van der Waals surface area contributed by atoms with Crippen molar-refractivity contribution in [2.45, 2.75) is 32.9 Å². The van der Waals surface area contributed by atoms with E-state index in [-0.39, 0.29) is 18.6 Å². The zero-order valence-electron chi connectivity index (χ0n) is 12.5. The van der Waals surface area contributed by atoms with Crippen molar-refractivity contribution in [3.63, 3.8) is 0 Å². The Morgan fingerprint density at radius 1 is 1.24 bits per heavy atom. The topological polar surface area (TPSA) is 40.5 Å². The highest BCUT2D eigenvalue weighted by Gasteiger charge is 2.20. The minimum Gasteiger partial charge on any atom is -0.392 e. The summed E-state index contributed by atoms with van der Waals surface area (Å²) in [5.41, 5.74) is 2.77. The molecule has 21 heavy (non-hydrogen) atoms. The van der Waals surface area contributed by atoms with Crippen LogP contribution >= 0.6 is 11.3 Å². The highest BCUT2D eigenvalue weighted by atomic mass is 32.1. The van der Waals surface area contributed by atoms with Crippen LogP contribution in [0.1, 0.15) is 35.3 Å². The van der Waals surface area contributed by atoms with Crippen LogP contribution in [0, 0.1) is 0 Å². The van der Waals surface area contributed by atoms with E-state index in [1.54, 1.807) is 35.6 Å². The summed E-state index contributed by atoms with van der Waals surface area (Å²) in [5, 5.41) is 13.3. The molecule has 2 rings (SSSR count). The molecule has 3 nitrogen and oxygen atoms in total. The molecular formula is C17H21NO2S. The van der Waals surface area contributed by atoms with Crippen LogP contribution in [0.2, 0.25) is 0 Å². The van der Waals surface area contributed by atoms with Crippen molar-refractivity contribution in [1.29, 1.82) is 0 Å². The van der Waals surface area contributed by atoms with E-state index in [9.17, 15) is 4.79 Å². The summed E-state index contributed by atoms with van der Waals surface area (Å²) in [5.74, 6) is 0.0460. The number of carbonyl (C=O) groups excluding carboxylic acids is 1. The number of nitrogens with zero attached hydrogens (tertiary/aromatic N) is 1. The van der Waals surface area contributed by atoms with Gasteiger partial charge in [0.05, 0.1) is 6.61 Å². The fourth-order valence-corrected chi connectivity index (χ4v) is 3.12. The van der Waals surface area contributed by atoms with Crippen LogP contribution in [0.4, 0.5) is 0 Å². The monoisotopic (exact) mass is 303 g/mol. The number of likely N-dealkylation sites (N-methyl/N-ethyl adjacent to an activating group) is 1. The molecule has 1 unspecified atom stereocenters. The number of thiophene rings is 1. The molecule has 0 radical (unpaired) electrons. The molecule has 4 heteroatoms. The molecule has 0 aliphatic carbocycles. The lowest BCUT2D eigenvalue weighted by Gasteiger charge is -2.28. The molecule has 0 aliphatic heterocycles. The van der Waals surface area contributed by atoms with Crippen LogP contribution in [0.3, 0.4) is 0 Å². The molecule has 2 aromatic rings. The van der Waals surface area contributed by atoms with Crippen molar-refractivity contribution < 1.29 is 9.90 Å². The molecule has 112 valence electrons. The summed E-state index contributed by atoms with van der Waals surface area (Å²) in [4.78, 5) is 14.5. The van der Waals surface area contributed by atoms with Gasteiger partial charge in [-0.25, -0.2) is 0 Å². The van der Waals surface area contributed by atoms with Crippen LogP contribution < -0.4 is 0 Å². The van der Waals surface area contributed by atoms with Gasteiger partial charge in [0.15, 0.2) is 0 Å². The van der Waals surface area contributed by atoms with Crippen molar-refractivity contribution in [2.24, 2.45) is 0 Å². The van der Waals surface area contributed by atoms with Crippen molar-refractivity contribution in [1.82, 2.24) is 4.90 Å². The number of rotatable bonds is 6. The number of hydrogen-bond acceptors (Lipinski definition) is 3. The quantitative estimate of drug-likeness (QED) is 0.889. The average molecular weight is 303 g/mol. The smallest absolute Gasteiger partial charge is 0.254 e. The van der Waals surface area contributed by atoms with Crippen molar-refractivity contribution >= 4 is 17.2 Å². The molecule has 1 amide bonds. The van der Waals surface area contributed by atoms with Crippen molar-refractivity contribution in [2.75, 3.05) is 6.54 Å². The third kappa shape index (κ3) is 3.93. The van der Waals surface area contributed by atoms with Gasteiger partial charge in [0.2, 0.25) is 0 Å². The van der Waals surface area contributed by atoms with Gasteiger partial charge in [-0.15, -0.1) is 0 Å². The molecular weight excluding hydrogens is 282 g/mol. The van der Waals surface area contributed by atoms with Gasteiger partial charge in [-0.05, 0) is 60.4 Å². The van der Waals surface area contributed by atoms with E-state index in [1.807, 2.05) is 11.8 Å². The first-order chi connectivity index (χ1) is 10.2. The van der Waals surface area contributed by atoms with E-state index < -0.39 is 0 Å². The summed E-state index contributed by atoms with van der Waals surface area (Å²) < 4.78 is 0. The van der Waals surface area contributed by atoms with E-state index >= 15 is 0 Å². The van der Waals surface area contributed by atoms with Crippen molar-refractivity contribution in [3.8, 4) is 0 Å². The summed E-state index contributed by atoms with van der Waals surface area (Å²) >= 11 is 1.68. The van der Waals surface area contributed by atoms with Gasteiger partial charge < -0.3 is 10.0 Å². The van der Waals surface area contributed by atoms with Gasteiger partial charge in [0.25, 0.3) is 5.91 Å². The molecule has 0 saturated carbocycles. The summed E-state index contributed by atoms with van der Waals surface area (Å²) in [6.45, 7) is 4.78. The van der Waals surface area contributed by atoms with E-state index in [1.165, 1.54) is 5.56 Å². The Hall–Kier alpha value is -1.65. The van der Waals surface area contributed by atoms with Crippen LogP contribution in [0.25, 0.3) is 0 Å². The third-order valence-electron chi connectivity index (χ3n) is 3.63. The Balaban J connectivity index is 2.09. The minimum atomic E-state index is 0.000517. The summed E-state index contributed by atoms with van der Waals surface area (Å²) in [6, 6.07) is 9.43. The molecule has 0 fully saturated rings. The Morgan fingerprint density at radius 3 is 2.48 bits per heavy atom. The second-order valence-corrected chi connectivity index (χ2v) is 5.91. The standard InChI is InChI=1S/C17H21NO2S/c1-3-18(13(2)10-15-8-9-21-12-15)17(20)16-6-4-14(11-19)5-7-16/h4-9,12-13,19H,3,10-11H2,1-2H3. The lowest BCUT2D eigenvalue weighted by atomic mass is 10.1. The second-order valence-electron chi connectivity index (χ2n) is 5.13. The van der Waals surface area contributed by atoms with Crippen LogP contribution in [0.15, 0.2) is 41.1 Å². The van der Waals surface area contributed by atoms with Gasteiger partial charge in [0, 0.05) is 18.2 Å². The maximum atomic E-state index is 12.6. The largest absolute Gasteiger partial charge is 0.392 e. The van der Waals surface area contributed by atoms with Gasteiger partial charge >= 0.3 is 0 Å². The molecule has 0 spiro atoms. The maximum absolute atomic E-state index is 12.6. The number of carbonyl (C=O) groups is 1. The normalized spacial score (nSPS) is 12.1. The molecule has 0 bridgehead atoms. The first-order valence-corrected chi connectivity index (χ1v) is 8.11. The highest BCUT2D eigenvalue weighted by molar-refractivity contribution is 7.07. The van der Waals surface area contributed by atoms with E-state index in [0.717, 1.165) is 12.0 Å². The van der Waals surface area contributed by atoms with Crippen molar-refractivity contribution in [3.05, 3.63) is 57.8 Å². The van der Waals surface area contributed by atoms with E-state index in [2.05, 4.69) is 23.8 Å². The van der Waals surface area contributed by atoms with E-state index in [0.29, 0.717) is 12.1 Å². The Bertz CT molecular complexity index is 563. The van der Waals surface area contributed by atoms with Gasteiger partial charge in [-0.2, -0.15) is 11.3 Å². The highest BCUT2D eigenvalue weighted by Crippen LogP contribution is 2.15. The lowest BCUT2D eigenvalue weighted by Crippen LogP contribution is -2.39. The average Bonchev–Trinajstić information content (AvgIpc) is 3.01. The number of hydrogen-bond donors (Lipinski definition) is 1. The zero-order valence-corrected chi connectivity index (χ0v) is 13.3. The molecule has 1 N–H and O–H groups in total. The first-order valence-electron chi connectivity index (χ1n) is 7.17. The molecule has 1 atom stereocenters. The van der Waals surface area contributed by atoms with E-state index in [4.69, 9.17) is 5.11 Å². The van der Waals surface area contributed by atoms with Crippen LogP contribution in [-0.2, 0) is 13.0 Å². The number of aliphatic hydroxyl groups is 1.